The van der Waals surface area contributed by atoms with Gasteiger partial charge in [0.15, 0.2) is 6.61 Å². The lowest BCUT2D eigenvalue weighted by Crippen LogP contribution is -2.39. The molecule has 0 unspecified atom stereocenters. The third-order valence-electron chi connectivity index (χ3n) is 5.20. The topological polar surface area (TPSA) is 29.5 Å². The highest BCUT2D eigenvalue weighted by molar-refractivity contribution is 5.77. The largest absolute Gasteiger partial charge is 0.484 e. The lowest BCUT2D eigenvalue weighted by atomic mass is 10.1. The summed E-state index contributed by atoms with van der Waals surface area (Å²) >= 11 is 0. The normalized spacial score (nSPS) is 18.6. The predicted molar refractivity (Wildman–Crippen MR) is 88.2 cm³/mol. The van der Waals surface area contributed by atoms with Crippen LogP contribution in [0, 0.1) is 0 Å². The highest BCUT2D eigenvalue weighted by Crippen LogP contribution is 2.26. The first-order chi connectivity index (χ1) is 10.7. The molecule has 2 aliphatic rings. The first kappa shape index (κ1) is 15.4. The van der Waals surface area contributed by atoms with Gasteiger partial charge in [-0.05, 0) is 55.4 Å². The Bertz CT molecular complexity index is 518. The van der Waals surface area contributed by atoms with Crippen LogP contribution in [0.3, 0.4) is 0 Å². The van der Waals surface area contributed by atoms with E-state index in [1.165, 1.54) is 49.7 Å². The summed E-state index contributed by atoms with van der Waals surface area (Å²) in [6, 6.07) is 6.67. The second kappa shape index (κ2) is 7.17. The minimum absolute atomic E-state index is 0.104. The van der Waals surface area contributed by atoms with E-state index < -0.39 is 0 Å². The van der Waals surface area contributed by atoms with Crippen molar-refractivity contribution in [1.29, 1.82) is 0 Å². The van der Waals surface area contributed by atoms with E-state index in [0.29, 0.717) is 6.04 Å². The standard InChI is InChI=1S/C19H27NO2/c1-20(17-9-4-2-3-5-10-17)19(21)14-22-18-12-11-15-7-6-8-16(15)13-18/h11-13,17H,2-10,14H2,1H3. The van der Waals surface area contributed by atoms with Gasteiger partial charge < -0.3 is 9.64 Å². The Kier molecular flexibility index (Phi) is 5.01. The summed E-state index contributed by atoms with van der Waals surface area (Å²) in [6.07, 6.45) is 10.9. The lowest BCUT2D eigenvalue weighted by molar-refractivity contribution is -0.134. The molecule has 3 nitrogen and oxygen atoms in total. The van der Waals surface area contributed by atoms with Crippen LogP contribution in [0.2, 0.25) is 0 Å². The van der Waals surface area contributed by atoms with Gasteiger partial charge in [0.25, 0.3) is 5.91 Å². The highest BCUT2D eigenvalue weighted by Gasteiger charge is 2.21. The number of hydrogen-bond donors (Lipinski definition) is 0. The summed E-state index contributed by atoms with van der Waals surface area (Å²) in [5.74, 6) is 0.940. The van der Waals surface area contributed by atoms with Gasteiger partial charge in [0.1, 0.15) is 5.75 Å². The van der Waals surface area contributed by atoms with Crippen molar-refractivity contribution >= 4 is 5.91 Å². The second-order valence-electron chi connectivity index (χ2n) is 6.72. The zero-order valence-electron chi connectivity index (χ0n) is 13.6. The van der Waals surface area contributed by atoms with Crippen LogP contribution in [0.1, 0.15) is 56.1 Å². The average Bonchev–Trinajstić information content (AvgIpc) is 2.83. The molecule has 0 bridgehead atoms. The van der Waals surface area contributed by atoms with Gasteiger partial charge in [-0.3, -0.25) is 4.79 Å². The van der Waals surface area contributed by atoms with Crippen LogP contribution in [0.4, 0.5) is 0 Å². The quantitative estimate of drug-likeness (QED) is 0.793. The number of fused-ring (bicyclic) bond motifs is 1. The summed E-state index contributed by atoms with van der Waals surface area (Å²) < 4.78 is 5.75. The van der Waals surface area contributed by atoms with E-state index in [1.54, 1.807) is 0 Å². The van der Waals surface area contributed by atoms with Gasteiger partial charge in [-0.2, -0.15) is 0 Å². The minimum atomic E-state index is 0.104. The number of amides is 1. The molecule has 2 aliphatic carbocycles. The van der Waals surface area contributed by atoms with E-state index in [9.17, 15) is 4.79 Å². The number of rotatable bonds is 4. The van der Waals surface area contributed by atoms with Crippen LogP contribution in [0.15, 0.2) is 18.2 Å². The van der Waals surface area contributed by atoms with Gasteiger partial charge in [-0.1, -0.05) is 31.7 Å². The summed E-state index contributed by atoms with van der Waals surface area (Å²) in [6.45, 7) is 0.159. The summed E-state index contributed by atoms with van der Waals surface area (Å²) in [5, 5.41) is 0. The molecule has 1 amide bonds. The molecule has 0 atom stereocenters. The molecule has 0 heterocycles. The van der Waals surface area contributed by atoms with Gasteiger partial charge in [0.05, 0.1) is 0 Å². The van der Waals surface area contributed by atoms with Gasteiger partial charge >= 0.3 is 0 Å². The fraction of sp³-hybridized carbons (Fsp3) is 0.632. The number of benzene rings is 1. The van der Waals surface area contributed by atoms with Crippen molar-refractivity contribution in [3.8, 4) is 5.75 Å². The van der Waals surface area contributed by atoms with Gasteiger partial charge in [-0.25, -0.2) is 0 Å². The van der Waals surface area contributed by atoms with Crippen molar-refractivity contribution in [2.24, 2.45) is 0 Å². The molecule has 1 aromatic rings. The predicted octanol–water partition coefficient (Wildman–Crippen LogP) is 3.74. The Morgan fingerprint density at radius 1 is 1.09 bits per heavy atom. The zero-order chi connectivity index (χ0) is 15.4. The summed E-state index contributed by atoms with van der Waals surface area (Å²) in [5.41, 5.74) is 2.83. The van der Waals surface area contributed by atoms with Gasteiger partial charge in [0, 0.05) is 13.1 Å². The van der Waals surface area contributed by atoms with Crippen molar-refractivity contribution in [1.82, 2.24) is 4.90 Å². The molecule has 120 valence electrons. The average molecular weight is 301 g/mol. The van der Waals surface area contributed by atoms with Crippen molar-refractivity contribution in [3.05, 3.63) is 29.3 Å². The van der Waals surface area contributed by atoms with Crippen LogP contribution >= 0.6 is 0 Å². The number of hydrogen-bond acceptors (Lipinski definition) is 2. The Morgan fingerprint density at radius 2 is 1.82 bits per heavy atom. The first-order valence-corrected chi connectivity index (χ1v) is 8.74. The van der Waals surface area contributed by atoms with E-state index in [0.717, 1.165) is 25.0 Å². The molecule has 0 N–H and O–H groups in total. The molecule has 1 saturated carbocycles. The number of carbonyl (C=O) groups excluding carboxylic acids is 1. The number of aryl methyl sites for hydroxylation is 2. The smallest absolute Gasteiger partial charge is 0.260 e. The maximum absolute atomic E-state index is 12.4. The molecule has 3 rings (SSSR count). The van der Waals surface area contributed by atoms with Crippen LogP contribution in [-0.2, 0) is 17.6 Å². The molecule has 3 heteroatoms. The van der Waals surface area contributed by atoms with Crippen LogP contribution in [0.25, 0.3) is 0 Å². The maximum Gasteiger partial charge on any atom is 0.260 e. The Hall–Kier alpha value is -1.51. The van der Waals surface area contributed by atoms with Crippen molar-refractivity contribution in [2.45, 2.75) is 63.8 Å². The third kappa shape index (κ3) is 3.63. The molecule has 0 aromatic heterocycles. The van der Waals surface area contributed by atoms with E-state index in [1.807, 2.05) is 18.0 Å². The van der Waals surface area contributed by atoms with E-state index in [-0.39, 0.29) is 12.5 Å². The maximum atomic E-state index is 12.4. The van der Waals surface area contributed by atoms with E-state index >= 15 is 0 Å². The van der Waals surface area contributed by atoms with E-state index in [2.05, 4.69) is 12.1 Å². The second-order valence-corrected chi connectivity index (χ2v) is 6.72. The molecule has 0 radical (unpaired) electrons. The summed E-state index contributed by atoms with van der Waals surface area (Å²) in [4.78, 5) is 14.3. The molecule has 22 heavy (non-hydrogen) atoms. The monoisotopic (exact) mass is 301 g/mol. The summed E-state index contributed by atoms with van der Waals surface area (Å²) in [7, 11) is 1.93. The molecule has 0 aliphatic heterocycles. The molecular formula is C19H27NO2. The van der Waals surface area contributed by atoms with E-state index in [4.69, 9.17) is 4.74 Å². The number of nitrogens with zero attached hydrogens (tertiary/aromatic N) is 1. The molecule has 1 fully saturated rings. The van der Waals surface area contributed by atoms with Crippen molar-refractivity contribution in [2.75, 3.05) is 13.7 Å². The molecule has 0 spiro atoms. The third-order valence-corrected chi connectivity index (χ3v) is 5.20. The number of carbonyl (C=O) groups is 1. The van der Waals surface area contributed by atoms with Gasteiger partial charge in [0.2, 0.25) is 0 Å². The number of likely N-dealkylation sites (N-methyl/N-ethyl adjacent to an activating group) is 1. The fourth-order valence-corrected chi connectivity index (χ4v) is 3.73. The fourth-order valence-electron chi connectivity index (χ4n) is 3.73. The van der Waals surface area contributed by atoms with Crippen LogP contribution in [-0.4, -0.2) is 30.5 Å². The van der Waals surface area contributed by atoms with Crippen LogP contribution < -0.4 is 4.74 Å². The molecular weight excluding hydrogens is 274 g/mol. The zero-order valence-corrected chi connectivity index (χ0v) is 13.6. The van der Waals surface area contributed by atoms with Crippen molar-refractivity contribution in [3.63, 3.8) is 0 Å². The Labute approximate surface area is 133 Å². The number of ether oxygens (including phenoxy) is 1. The lowest BCUT2D eigenvalue weighted by Gasteiger charge is -2.27. The highest BCUT2D eigenvalue weighted by atomic mass is 16.5. The van der Waals surface area contributed by atoms with Gasteiger partial charge in [-0.15, -0.1) is 0 Å². The molecule has 1 aromatic carbocycles. The Balaban J connectivity index is 1.53. The first-order valence-electron chi connectivity index (χ1n) is 8.74. The Morgan fingerprint density at radius 3 is 2.59 bits per heavy atom. The minimum Gasteiger partial charge on any atom is -0.484 e. The SMILES string of the molecule is CN(C(=O)COc1ccc2c(c1)CCC2)C1CCCCCC1. The van der Waals surface area contributed by atoms with Crippen LogP contribution in [0.5, 0.6) is 5.75 Å². The van der Waals surface area contributed by atoms with Crippen molar-refractivity contribution < 1.29 is 9.53 Å². The molecule has 0 saturated heterocycles.